The quantitative estimate of drug-likeness (QED) is 0.806. The third-order valence-corrected chi connectivity index (χ3v) is 2.69. The average Bonchev–Trinajstić information content (AvgIpc) is 2.84. The van der Waals surface area contributed by atoms with Gasteiger partial charge in [0.2, 0.25) is 6.41 Å². The molecular weight excluding hydrogens is 242 g/mol. The molecule has 1 heterocycles. The van der Waals surface area contributed by atoms with Gasteiger partial charge in [-0.15, -0.1) is 0 Å². The molecule has 4 heteroatoms. The van der Waals surface area contributed by atoms with Gasteiger partial charge in [0.25, 0.3) is 0 Å². The van der Waals surface area contributed by atoms with E-state index in [-0.39, 0.29) is 0 Å². The zero-order valence-electron chi connectivity index (χ0n) is 11.1. The van der Waals surface area contributed by atoms with Crippen LogP contribution in [0.3, 0.4) is 0 Å². The number of nitrogens with one attached hydrogen (secondary N) is 1. The second kappa shape index (κ2) is 6.09. The molecule has 0 aliphatic heterocycles. The number of carbonyl (C=O) groups excluding carboxylic acids is 1. The molecule has 1 amide bonds. The zero-order valence-corrected chi connectivity index (χ0v) is 11.1. The fourth-order valence-corrected chi connectivity index (χ4v) is 1.85. The molecule has 19 heavy (non-hydrogen) atoms. The highest BCUT2D eigenvalue weighted by atomic mass is 16.5. The Morgan fingerprint density at radius 1 is 1.32 bits per heavy atom. The molecule has 2 rings (SSSR count). The summed E-state index contributed by atoms with van der Waals surface area (Å²) in [6.07, 6.45) is 1.54. The largest absolute Gasteiger partial charge is 0.491 e. The molecule has 0 aliphatic rings. The highest BCUT2D eigenvalue weighted by molar-refractivity contribution is 5.82. The lowest BCUT2D eigenvalue weighted by atomic mass is 10.1. The van der Waals surface area contributed by atoms with Crippen molar-refractivity contribution in [1.29, 1.82) is 0 Å². The van der Waals surface area contributed by atoms with Crippen LogP contribution in [0.2, 0.25) is 0 Å². The van der Waals surface area contributed by atoms with E-state index < -0.39 is 0 Å². The number of ether oxygens (including phenoxy) is 1. The fourth-order valence-electron chi connectivity index (χ4n) is 1.85. The van der Waals surface area contributed by atoms with Crippen LogP contribution in [0.5, 0.6) is 5.75 Å². The first-order valence-corrected chi connectivity index (χ1v) is 6.29. The summed E-state index contributed by atoms with van der Waals surface area (Å²) in [4.78, 5) is 10.7. The number of aryl methyl sites for hydroxylation is 1. The number of rotatable bonds is 6. The number of furan rings is 1. The van der Waals surface area contributed by atoms with Crippen LogP contribution in [-0.4, -0.2) is 13.0 Å². The van der Waals surface area contributed by atoms with Crippen molar-refractivity contribution >= 4 is 12.1 Å². The summed E-state index contributed by atoms with van der Waals surface area (Å²) in [6.45, 7) is 4.51. The Kier molecular flexibility index (Phi) is 4.23. The van der Waals surface area contributed by atoms with Gasteiger partial charge in [-0.1, -0.05) is 13.0 Å². The molecule has 1 N–H and O–H groups in total. The topological polar surface area (TPSA) is 51.5 Å². The van der Waals surface area contributed by atoms with E-state index in [0.29, 0.717) is 24.5 Å². The Morgan fingerprint density at radius 2 is 2.16 bits per heavy atom. The molecule has 1 aromatic heterocycles. The Morgan fingerprint density at radius 3 is 2.79 bits per heavy atom. The highest BCUT2D eigenvalue weighted by Crippen LogP contribution is 2.37. The maximum atomic E-state index is 10.7. The van der Waals surface area contributed by atoms with Gasteiger partial charge in [-0.05, 0) is 37.6 Å². The lowest BCUT2D eigenvalue weighted by Crippen LogP contribution is -2.02. The average molecular weight is 259 g/mol. The van der Waals surface area contributed by atoms with Gasteiger partial charge < -0.3 is 14.5 Å². The van der Waals surface area contributed by atoms with Gasteiger partial charge >= 0.3 is 0 Å². The van der Waals surface area contributed by atoms with Gasteiger partial charge in [-0.25, -0.2) is 0 Å². The van der Waals surface area contributed by atoms with Gasteiger partial charge in [-0.2, -0.15) is 0 Å². The van der Waals surface area contributed by atoms with Crippen molar-refractivity contribution in [3.8, 4) is 17.1 Å². The van der Waals surface area contributed by atoms with E-state index >= 15 is 0 Å². The zero-order chi connectivity index (χ0) is 13.7. The van der Waals surface area contributed by atoms with Crippen LogP contribution in [0, 0.1) is 6.92 Å². The second-order valence-electron chi connectivity index (χ2n) is 4.20. The van der Waals surface area contributed by atoms with E-state index in [1.165, 1.54) is 0 Å². The van der Waals surface area contributed by atoms with Crippen LogP contribution in [0.15, 0.2) is 34.7 Å². The molecule has 2 aromatic rings. The van der Waals surface area contributed by atoms with Crippen molar-refractivity contribution in [3.05, 3.63) is 36.1 Å². The van der Waals surface area contributed by atoms with Crippen molar-refractivity contribution in [1.82, 2.24) is 0 Å². The Balaban J connectivity index is 2.45. The molecule has 0 radical (unpaired) electrons. The molecule has 0 fully saturated rings. The number of amides is 1. The molecule has 0 atom stereocenters. The summed E-state index contributed by atoms with van der Waals surface area (Å²) in [6, 6.07) is 9.38. The molecule has 0 aliphatic carbocycles. The third kappa shape index (κ3) is 2.96. The molecule has 0 bridgehead atoms. The van der Waals surface area contributed by atoms with Crippen LogP contribution < -0.4 is 10.1 Å². The summed E-state index contributed by atoms with van der Waals surface area (Å²) in [5.74, 6) is 2.22. The smallest absolute Gasteiger partial charge is 0.211 e. The Bertz CT molecular complexity index is 560. The van der Waals surface area contributed by atoms with Crippen LogP contribution in [0.25, 0.3) is 11.3 Å². The number of para-hydroxylation sites is 1. The van der Waals surface area contributed by atoms with Crippen molar-refractivity contribution in [2.24, 2.45) is 0 Å². The maximum Gasteiger partial charge on any atom is 0.211 e. The van der Waals surface area contributed by atoms with Crippen molar-refractivity contribution < 1.29 is 13.9 Å². The van der Waals surface area contributed by atoms with E-state index in [1.54, 1.807) is 6.07 Å². The molecule has 4 nitrogen and oxygen atoms in total. The molecule has 0 spiro atoms. The molecule has 0 saturated carbocycles. The third-order valence-electron chi connectivity index (χ3n) is 2.69. The normalized spacial score (nSPS) is 10.2. The van der Waals surface area contributed by atoms with Crippen molar-refractivity contribution in [3.63, 3.8) is 0 Å². The number of hydrogen-bond acceptors (Lipinski definition) is 3. The first kappa shape index (κ1) is 13.2. The van der Waals surface area contributed by atoms with Crippen LogP contribution >= 0.6 is 0 Å². The summed E-state index contributed by atoms with van der Waals surface area (Å²) in [5.41, 5.74) is 1.49. The van der Waals surface area contributed by atoms with Gasteiger partial charge in [-0.3, -0.25) is 4.79 Å². The predicted molar refractivity (Wildman–Crippen MR) is 74.4 cm³/mol. The standard InChI is InChI=1S/C15H17NO3/c1-3-9-18-15-12(14-8-7-11(2)19-14)5-4-6-13(15)16-10-17/h4-8,10H,3,9H2,1-2H3,(H,16,17). The second-order valence-corrected chi connectivity index (χ2v) is 4.20. The van der Waals surface area contributed by atoms with E-state index in [4.69, 9.17) is 9.15 Å². The summed E-state index contributed by atoms with van der Waals surface area (Å²) in [5, 5.41) is 2.65. The Labute approximate surface area is 112 Å². The highest BCUT2D eigenvalue weighted by Gasteiger charge is 2.14. The summed E-state index contributed by atoms with van der Waals surface area (Å²) < 4.78 is 11.4. The number of carbonyl (C=O) groups is 1. The Hall–Kier alpha value is -2.23. The van der Waals surface area contributed by atoms with Crippen molar-refractivity contribution in [2.45, 2.75) is 20.3 Å². The van der Waals surface area contributed by atoms with Crippen LogP contribution in [-0.2, 0) is 4.79 Å². The number of hydrogen-bond donors (Lipinski definition) is 1. The van der Waals surface area contributed by atoms with Gasteiger partial charge in [0, 0.05) is 0 Å². The van der Waals surface area contributed by atoms with E-state index in [2.05, 4.69) is 5.32 Å². The van der Waals surface area contributed by atoms with Gasteiger partial charge in [0.05, 0.1) is 17.9 Å². The molecule has 100 valence electrons. The SMILES string of the molecule is CCCOc1c(NC=O)cccc1-c1ccc(C)o1. The molecule has 0 unspecified atom stereocenters. The minimum atomic E-state index is 0.588. The van der Waals surface area contributed by atoms with Crippen LogP contribution in [0.1, 0.15) is 19.1 Å². The van der Waals surface area contributed by atoms with E-state index in [9.17, 15) is 4.79 Å². The maximum absolute atomic E-state index is 10.7. The number of anilines is 1. The molecule has 0 saturated heterocycles. The van der Waals surface area contributed by atoms with Crippen LogP contribution in [0.4, 0.5) is 5.69 Å². The summed E-state index contributed by atoms with van der Waals surface area (Å²) >= 11 is 0. The van der Waals surface area contributed by atoms with Gasteiger partial charge in [0.1, 0.15) is 11.5 Å². The predicted octanol–water partition coefficient (Wildman–Crippen LogP) is 3.61. The lowest BCUT2D eigenvalue weighted by Gasteiger charge is -2.13. The van der Waals surface area contributed by atoms with E-state index in [1.807, 2.05) is 38.1 Å². The minimum Gasteiger partial charge on any atom is -0.491 e. The number of benzene rings is 1. The van der Waals surface area contributed by atoms with Gasteiger partial charge in [0.15, 0.2) is 5.75 Å². The first-order valence-electron chi connectivity index (χ1n) is 6.29. The first-order chi connectivity index (χ1) is 9.26. The molecule has 1 aromatic carbocycles. The molecular formula is C15H17NO3. The minimum absolute atomic E-state index is 0.588. The monoisotopic (exact) mass is 259 g/mol. The lowest BCUT2D eigenvalue weighted by molar-refractivity contribution is -0.105. The van der Waals surface area contributed by atoms with Crippen molar-refractivity contribution in [2.75, 3.05) is 11.9 Å². The van der Waals surface area contributed by atoms with E-state index in [0.717, 1.165) is 23.5 Å². The summed E-state index contributed by atoms with van der Waals surface area (Å²) in [7, 11) is 0. The fraction of sp³-hybridized carbons (Fsp3) is 0.267.